The molecule has 2 N–H and O–H groups in total. The smallest absolute Gasteiger partial charge is 0.172 e. The normalized spacial score (nSPS) is 18.7. The Morgan fingerprint density at radius 1 is 1.67 bits per heavy atom. The van der Waals surface area contributed by atoms with Crippen LogP contribution in [0.15, 0.2) is 16.7 Å². The fraction of sp³-hybridized carbons (Fsp3) is 0.455. The zero-order valence-electron chi connectivity index (χ0n) is 9.58. The number of rotatable bonds is 3. The number of nitrogens with zero attached hydrogens (tertiary/aromatic N) is 1. The van der Waals surface area contributed by atoms with Crippen LogP contribution in [0.3, 0.4) is 0 Å². The Labute approximate surface area is 125 Å². The van der Waals surface area contributed by atoms with Gasteiger partial charge in [0.1, 0.15) is 0 Å². The average Bonchev–Trinajstić information content (AvgIpc) is 2.83. The Morgan fingerprint density at radius 2 is 2.50 bits per heavy atom. The summed E-state index contributed by atoms with van der Waals surface area (Å²) in [5.74, 6) is 0.546. The van der Waals surface area contributed by atoms with E-state index in [-0.39, 0.29) is 6.10 Å². The van der Waals surface area contributed by atoms with E-state index < -0.39 is 0 Å². The zero-order valence-corrected chi connectivity index (χ0v) is 12.7. The van der Waals surface area contributed by atoms with Gasteiger partial charge in [-0.1, -0.05) is 11.6 Å². The molecule has 0 spiro atoms. The van der Waals surface area contributed by atoms with Crippen LogP contribution in [0.5, 0.6) is 0 Å². The molecule has 1 saturated heterocycles. The van der Waals surface area contributed by atoms with E-state index in [0.717, 1.165) is 23.9 Å². The van der Waals surface area contributed by atoms with Crippen LogP contribution in [0.25, 0.3) is 0 Å². The van der Waals surface area contributed by atoms with Gasteiger partial charge in [0.15, 0.2) is 10.9 Å². The minimum Gasteiger partial charge on any atom is -0.376 e. The van der Waals surface area contributed by atoms with E-state index in [1.165, 1.54) is 0 Å². The number of hydrogen-bond donors (Lipinski definition) is 2. The van der Waals surface area contributed by atoms with Crippen molar-refractivity contribution in [2.24, 2.45) is 0 Å². The molecule has 7 heteroatoms. The molecule has 1 aromatic rings. The predicted octanol–water partition coefficient (Wildman–Crippen LogP) is 2.96. The maximum Gasteiger partial charge on any atom is 0.172 e. The van der Waals surface area contributed by atoms with Gasteiger partial charge in [-0.05, 0) is 47.1 Å². The van der Waals surface area contributed by atoms with E-state index in [4.69, 9.17) is 28.6 Å². The molecule has 0 unspecified atom stereocenters. The Hall–Kier alpha value is -0.430. The van der Waals surface area contributed by atoms with Crippen molar-refractivity contribution in [3.8, 4) is 0 Å². The quantitative estimate of drug-likeness (QED) is 0.821. The predicted molar refractivity (Wildman–Crippen MR) is 80.1 cm³/mol. The van der Waals surface area contributed by atoms with Crippen LogP contribution in [-0.2, 0) is 4.74 Å². The van der Waals surface area contributed by atoms with E-state index in [9.17, 15) is 0 Å². The topological polar surface area (TPSA) is 46.2 Å². The third-order valence-corrected chi connectivity index (χ3v) is 3.52. The van der Waals surface area contributed by atoms with Gasteiger partial charge in [-0.15, -0.1) is 0 Å². The molecule has 0 amide bonds. The Morgan fingerprint density at radius 3 is 3.17 bits per heavy atom. The van der Waals surface area contributed by atoms with Crippen LogP contribution in [0.4, 0.5) is 5.82 Å². The molecule has 0 aromatic carbocycles. The zero-order chi connectivity index (χ0) is 13.0. The number of thiocarbonyl (C=S) groups is 1. The number of nitrogens with one attached hydrogen (secondary N) is 2. The molecule has 2 heterocycles. The van der Waals surface area contributed by atoms with Crippen molar-refractivity contribution < 1.29 is 4.74 Å². The lowest BCUT2D eigenvalue weighted by molar-refractivity contribution is 0.114. The second-order valence-corrected chi connectivity index (χ2v) is 5.69. The van der Waals surface area contributed by atoms with E-state index in [1.807, 2.05) is 0 Å². The molecule has 1 fully saturated rings. The Kier molecular flexibility index (Phi) is 5.17. The number of anilines is 1. The third-order valence-electron chi connectivity index (χ3n) is 2.55. The second kappa shape index (κ2) is 6.65. The number of pyridine rings is 1. The van der Waals surface area contributed by atoms with Crippen molar-refractivity contribution >= 4 is 50.7 Å². The molecule has 1 atom stereocenters. The molecule has 1 aromatic heterocycles. The SMILES string of the molecule is S=C(NC[C@H]1CCCO1)Nc1ncc(Br)cc1Cl. The van der Waals surface area contributed by atoms with Crippen molar-refractivity contribution in [2.75, 3.05) is 18.5 Å². The number of ether oxygens (including phenoxy) is 1. The van der Waals surface area contributed by atoms with Gasteiger partial charge < -0.3 is 15.4 Å². The Bertz CT molecular complexity index is 440. The average molecular weight is 351 g/mol. The summed E-state index contributed by atoms with van der Waals surface area (Å²) in [6, 6.07) is 1.76. The van der Waals surface area contributed by atoms with E-state index in [0.29, 0.717) is 22.5 Å². The summed E-state index contributed by atoms with van der Waals surface area (Å²) < 4.78 is 6.33. The van der Waals surface area contributed by atoms with Crippen LogP contribution in [0, 0.1) is 0 Å². The summed E-state index contributed by atoms with van der Waals surface area (Å²) in [6.45, 7) is 1.55. The largest absolute Gasteiger partial charge is 0.376 e. The van der Waals surface area contributed by atoms with E-state index in [2.05, 4.69) is 31.5 Å². The number of aromatic nitrogens is 1. The first-order valence-corrected chi connectivity index (χ1v) is 7.20. The summed E-state index contributed by atoms with van der Waals surface area (Å²) in [5, 5.41) is 7.08. The van der Waals surface area contributed by atoms with Crippen LogP contribution >= 0.6 is 39.7 Å². The van der Waals surface area contributed by atoms with E-state index >= 15 is 0 Å². The molecular formula is C11H13BrClN3OS. The maximum atomic E-state index is 6.03. The third kappa shape index (κ3) is 4.05. The van der Waals surface area contributed by atoms with Crippen molar-refractivity contribution in [2.45, 2.75) is 18.9 Å². The van der Waals surface area contributed by atoms with Crippen molar-refractivity contribution in [1.82, 2.24) is 10.3 Å². The van der Waals surface area contributed by atoms with Crippen LogP contribution in [-0.4, -0.2) is 29.4 Å². The highest BCUT2D eigenvalue weighted by atomic mass is 79.9. The van der Waals surface area contributed by atoms with Crippen LogP contribution < -0.4 is 10.6 Å². The van der Waals surface area contributed by atoms with Crippen molar-refractivity contribution in [3.63, 3.8) is 0 Å². The molecule has 4 nitrogen and oxygen atoms in total. The molecule has 18 heavy (non-hydrogen) atoms. The van der Waals surface area contributed by atoms with Gasteiger partial charge in [-0.25, -0.2) is 4.98 Å². The van der Waals surface area contributed by atoms with Gasteiger partial charge in [0.25, 0.3) is 0 Å². The molecular weight excluding hydrogens is 338 g/mol. The molecule has 1 aliphatic heterocycles. The first kappa shape index (κ1) is 14.0. The van der Waals surface area contributed by atoms with E-state index in [1.54, 1.807) is 12.3 Å². The molecule has 0 radical (unpaired) electrons. The van der Waals surface area contributed by atoms with Gasteiger partial charge in [0.05, 0.1) is 11.1 Å². The summed E-state index contributed by atoms with van der Waals surface area (Å²) in [6.07, 6.45) is 4.11. The molecule has 0 saturated carbocycles. The summed E-state index contributed by atoms with van der Waals surface area (Å²) in [7, 11) is 0. The van der Waals surface area contributed by atoms with Gasteiger partial charge in [0.2, 0.25) is 0 Å². The van der Waals surface area contributed by atoms with Crippen molar-refractivity contribution in [3.05, 3.63) is 21.8 Å². The molecule has 1 aliphatic rings. The lowest BCUT2D eigenvalue weighted by Crippen LogP contribution is -2.35. The summed E-state index contributed by atoms with van der Waals surface area (Å²) >= 11 is 14.5. The molecule has 98 valence electrons. The van der Waals surface area contributed by atoms with Gasteiger partial charge in [-0.3, -0.25) is 0 Å². The minimum absolute atomic E-state index is 0.248. The van der Waals surface area contributed by atoms with Crippen LogP contribution in [0.2, 0.25) is 5.02 Å². The number of halogens is 2. The minimum atomic E-state index is 0.248. The molecule has 2 rings (SSSR count). The second-order valence-electron chi connectivity index (χ2n) is 3.95. The maximum absolute atomic E-state index is 6.03. The van der Waals surface area contributed by atoms with Crippen LogP contribution in [0.1, 0.15) is 12.8 Å². The van der Waals surface area contributed by atoms with Crippen molar-refractivity contribution in [1.29, 1.82) is 0 Å². The fourth-order valence-electron chi connectivity index (χ4n) is 1.67. The van der Waals surface area contributed by atoms with Gasteiger partial charge in [-0.2, -0.15) is 0 Å². The standard InChI is InChI=1S/C11H13BrClN3OS/c12-7-4-9(13)10(14-5-7)16-11(18)15-6-8-2-1-3-17-8/h4-5,8H,1-3,6H2,(H2,14,15,16,18)/t8-/m1/s1. The van der Waals surface area contributed by atoms with Gasteiger partial charge >= 0.3 is 0 Å². The monoisotopic (exact) mass is 349 g/mol. The summed E-state index contributed by atoms with van der Waals surface area (Å²) in [5.41, 5.74) is 0. The highest BCUT2D eigenvalue weighted by Crippen LogP contribution is 2.22. The fourth-order valence-corrected chi connectivity index (χ4v) is 2.53. The lowest BCUT2D eigenvalue weighted by atomic mass is 10.2. The molecule has 0 bridgehead atoms. The van der Waals surface area contributed by atoms with Gasteiger partial charge in [0, 0.05) is 23.8 Å². The molecule has 0 aliphatic carbocycles. The summed E-state index contributed by atoms with van der Waals surface area (Å²) in [4.78, 5) is 4.15. The highest BCUT2D eigenvalue weighted by molar-refractivity contribution is 9.10. The highest BCUT2D eigenvalue weighted by Gasteiger charge is 2.15. The number of hydrogen-bond acceptors (Lipinski definition) is 3. The first-order valence-electron chi connectivity index (χ1n) is 5.62. The lowest BCUT2D eigenvalue weighted by Gasteiger charge is -2.14. The Balaban J connectivity index is 1.82. The first-order chi connectivity index (χ1) is 8.65.